The molecule has 1 saturated heterocycles. The van der Waals surface area contributed by atoms with E-state index >= 15 is 0 Å². The van der Waals surface area contributed by atoms with Gasteiger partial charge in [0.2, 0.25) is 0 Å². The standard InChI is InChI=1S/C20H18F3N5O2/c21-20(22,23)17-9-18(29)28(12-25-17)11-13-5-7-27(8-6-13)19(30)16-10-24-14-3-1-2-4-15(14)26-16/h1-4,9-10,12-13H,5-8,11H2. The van der Waals surface area contributed by atoms with E-state index in [0.717, 1.165) is 6.33 Å². The summed E-state index contributed by atoms with van der Waals surface area (Å²) in [6, 6.07) is 7.80. The molecule has 0 atom stereocenters. The van der Waals surface area contributed by atoms with E-state index in [0.29, 0.717) is 43.0 Å². The minimum Gasteiger partial charge on any atom is -0.337 e. The van der Waals surface area contributed by atoms with Crippen molar-refractivity contribution in [1.29, 1.82) is 0 Å². The summed E-state index contributed by atoms with van der Waals surface area (Å²) in [4.78, 5) is 38.4. The summed E-state index contributed by atoms with van der Waals surface area (Å²) in [5.74, 6) is -0.145. The fraction of sp³-hybridized carbons (Fsp3) is 0.350. The SMILES string of the molecule is O=C(c1cnc2ccccc2n1)N1CCC(Cn2cnc(C(F)(F)F)cc2=O)CC1. The first-order valence-corrected chi connectivity index (χ1v) is 9.46. The lowest BCUT2D eigenvalue weighted by molar-refractivity contribution is -0.141. The van der Waals surface area contributed by atoms with Crippen molar-refractivity contribution in [2.45, 2.75) is 25.6 Å². The van der Waals surface area contributed by atoms with Gasteiger partial charge in [0.05, 0.1) is 23.6 Å². The highest BCUT2D eigenvalue weighted by atomic mass is 19.4. The van der Waals surface area contributed by atoms with Gasteiger partial charge in [-0.15, -0.1) is 0 Å². The predicted molar refractivity (Wildman–Crippen MR) is 102 cm³/mol. The number of aromatic nitrogens is 4. The Morgan fingerprint density at radius 3 is 2.47 bits per heavy atom. The van der Waals surface area contributed by atoms with Gasteiger partial charge in [0.15, 0.2) is 5.69 Å². The van der Waals surface area contributed by atoms with Crippen LogP contribution in [0.15, 0.2) is 47.7 Å². The van der Waals surface area contributed by atoms with Gasteiger partial charge >= 0.3 is 6.18 Å². The number of rotatable bonds is 3. The van der Waals surface area contributed by atoms with E-state index in [1.807, 2.05) is 18.2 Å². The Morgan fingerprint density at radius 1 is 1.10 bits per heavy atom. The quantitative estimate of drug-likeness (QED) is 0.655. The predicted octanol–water partition coefficient (Wildman–Crippen LogP) is 2.76. The highest BCUT2D eigenvalue weighted by Gasteiger charge is 2.33. The van der Waals surface area contributed by atoms with Crippen LogP contribution < -0.4 is 5.56 Å². The van der Waals surface area contributed by atoms with E-state index in [-0.39, 0.29) is 24.1 Å². The van der Waals surface area contributed by atoms with E-state index in [2.05, 4.69) is 15.0 Å². The largest absolute Gasteiger partial charge is 0.433 e. The molecule has 0 saturated carbocycles. The second kappa shape index (κ2) is 7.85. The third kappa shape index (κ3) is 4.17. The summed E-state index contributed by atoms with van der Waals surface area (Å²) in [6.07, 6.45) is -0.992. The number of piperidine rings is 1. The molecule has 10 heteroatoms. The van der Waals surface area contributed by atoms with Crippen molar-refractivity contribution in [3.63, 3.8) is 0 Å². The van der Waals surface area contributed by atoms with Crippen LogP contribution >= 0.6 is 0 Å². The Morgan fingerprint density at radius 2 is 1.80 bits per heavy atom. The topological polar surface area (TPSA) is 81.0 Å². The van der Waals surface area contributed by atoms with Gasteiger partial charge in [-0.1, -0.05) is 12.1 Å². The Labute approximate surface area is 169 Å². The molecule has 1 amide bonds. The second-order valence-corrected chi connectivity index (χ2v) is 7.24. The Kier molecular flexibility index (Phi) is 5.23. The molecule has 0 N–H and O–H groups in total. The number of benzene rings is 1. The van der Waals surface area contributed by atoms with Crippen LogP contribution in [0.3, 0.4) is 0 Å². The van der Waals surface area contributed by atoms with Crippen molar-refractivity contribution in [3.05, 3.63) is 64.6 Å². The van der Waals surface area contributed by atoms with Crippen molar-refractivity contribution in [3.8, 4) is 0 Å². The fourth-order valence-corrected chi connectivity index (χ4v) is 3.54. The van der Waals surface area contributed by atoms with Crippen LogP contribution in [0.5, 0.6) is 0 Å². The lowest BCUT2D eigenvalue weighted by Crippen LogP contribution is -2.40. The number of halogens is 3. The maximum atomic E-state index is 12.7. The van der Waals surface area contributed by atoms with Crippen LogP contribution in [0, 0.1) is 5.92 Å². The zero-order valence-electron chi connectivity index (χ0n) is 15.8. The lowest BCUT2D eigenvalue weighted by Gasteiger charge is -2.32. The normalized spacial score (nSPS) is 15.5. The second-order valence-electron chi connectivity index (χ2n) is 7.24. The molecule has 1 fully saturated rings. The average molecular weight is 417 g/mol. The van der Waals surface area contributed by atoms with Gasteiger partial charge in [-0.25, -0.2) is 9.97 Å². The lowest BCUT2D eigenvalue weighted by atomic mass is 9.96. The number of likely N-dealkylation sites (tertiary alicyclic amines) is 1. The molecule has 0 bridgehead atoms. The summed E-state index contributed by atoms with van der Waals surface area (Å²) < 4.78 is 39.1. The number of amides is 1. The number of alkyl halides is 3. The summed E-state index contributed by atoms with van der Waals surface area (Å²) in [5.41, 5.74) is -0.297. The van der Waals surface area contributed by atoms with Crippen LogP contribution in [-0.2, 0) is 12.7 Å². The van der Waals surface area contributed by atoms with Crippen LogP contribution in [0.25, 0.3) is 11.0 Å². The zero-order valence-corrected chi connectivity index (χ0v) is 15.8. The first kappa shape index (κ1) is 20.0. The molecule has 1 aromatic carbocycles. The molecule has 30 heavy (non-hydrogen) atoms. The van der Waals surface area contributed by atoms with Crippen molar-refractivity contribution in [1.82, 2.24) is 24.4 Å². The smallest absolute Gasteiger partial charge is 0.337 e. The highest BCUT2D eigenvalue weighted by molar-refractivity contribution is 5.93. The van der Waals surface area contributed by atoms with Crippen molar-refractivity contribution < 1.29 is 18.0 Å². The van der Waals surface area contributed by atoms with Gasteiger partial charge in [-0.2, -0.15) is 13.2 Å². The maximum absolute atomic E-state index is 12.7. The molecule has 4 rings (SSSR count). The third-order valence-electron chi connectivity index (χ3n) is 5.19. The molecule has 3 heterocycles. The molecule has 1 aliphatic rings. The molecule has 156 valence electrons. The molecule has 7 nitrogen and oxygen atoms in total. The molecular weight excluding hydrogens is 399 g/mol. The fourth-order valence-electron chi connectivity index (χ4n) is 3.54. The number of hydrogen-bond donors (Lipinski definition) is 0. The zero-order chi connectivity index (χ0) is 21.3. The van der Waals surface area contributed by atoms with Gasteiger partial charge in [0.25, 0.3) is 11.5 Å². The maximum Gasteiger partial charge on any atom is 0.433 e. The number of para-hydroxylation sites is 2. The molecule has 3 aromatic rings. The average Bonchev–Trinajstić information content (AvgIpc) is 2.74. The van der Waals surface area contributed by atoms with E-state index in [4.69, 9.17) is 0 Å². The molecule has 0 aliphatic carbocycles. The molecule has 0 spiro atoms. The van der Waals surface area contributed by atoms with Crippen LogP contribution in [0.2, 0.25) is 0 Å². The summed E-state index contributed by atoms with van der Waals surface area (Å²) in [7, 11) is 0. The van der Waals surface area contributed by atoms with E-state index in [9.17, 15) is 22.8 Å². The Balaban J connectivity index is 1.39. The molecule has 1 aliphatic heterocycles. The molecule has 0 unspecified atom stereocenters. The van der Waals surface area contributed by atoms with Crippen LogP contribution in [-0.4, -0.2) is 43.4 Å². The van der Waals surface area contributed by atoms with Crippen LogP contribution in [0.4, 0.5) is 13.2 Å². The Hall–Kier alpha value is -3.30. The van der Waals surface area contributed by atoms with Gasteiger partial charge in [0.1, 0.15) is 5.69 Å². The summed E-state index contributed by atoms with van der Waals surface area (Å²) >= 11 is 0. The first-order chi connectivity index (χ1) is 14.3. The van der Waals surface area contributed by atoms with E-state index < -0.39 is 17.4 Å². The Bertz CT molecular complexity index is 1140. The number of carbonyl (C=O) groups is 1. The minimum atomic E-state index is -4.64. The highest BCUT2D eigenvalue weighted by Crippen LogP contribution is 2.26. The third-order valence-corrected chi connectivity index (χ3v) is 5.19. The number of hydrogen-bond acceptors (Lipinski definition) is 5. The van der Waals surface area contributed by atoms with E-state index in [1.54, 1.807) is 11.0 Å². The summed E-state index contributed by atoms with van der Waals surface area (Å²) in [5, 5.41) is 0. The summed E-state index contributed by atoms with van der Waals surface area (Å²) in [6.45, 7) is 1.21. The molecule has 2 aromatic heterocycles. The van der Waals surface area contributed by atoms with Crippen LogP contribution in [0.1, 0.15) is 29.0 Å². The molecule has 0 radical (unpaired) electrons. The number of carbonyl (C=O) groups excluding carboxylic acids is 1. The van der Waals surface area contributed by atoms with Crippen molar-refractivity contribution in [2.75, 3.05) is 13.1 Å². The number of fused-ring (bicyclic) bond motifs is 1. The number of nitrogens with zero attached hydrogens (tertiary/aromatic N) is 5. The van der Waals surface area contributed by atoms with Gasteiger partial charge < -0.3 is 4.90 Å². The minimum absolute atomic E-state index is 0.0629. The van der Waals surface area contributed by atoms with E-state index in [1.165, 1.54) is 10.8 Å². The van der Waals surface area contributed by atoms with Gasteiger partial charge in [0, 0.05) is 25.7 Å². The van der Waals surface area contributed by atoms with Gasteiger partial charge in [-0.05, 0) is 30.9 Å². The molecular formula is C20H18F3N5O2. The van der Waals surface area contributed by atoms with Crippen molar-refractivity contribution in [2.24, 2.45) is 5.92 Å². The first-order valence-electron chi connectivity index (χ1n) is 9.46. The van der Waals surface area contributed by atoms with Crippen molar-refractivity contribution >= 4 is 16.9 Å². The van der Waals surface area contributed by atoms with Gasteiger partial charge in [-0.3, -0.25) is 19.1 Å². The monoisotopic (exact) mass is 417 g/mol.